The molecule has 0 radical (unpaired) electrons. The maximum absolute atomic E-state index is 12.2. The molecule has 0 heterocycles. The molecule has 1 aromatic rings. The number of esters is 1. The van der Waals surface area contributed by atoms with Crippen molar-refractivity contribution >= 4 is 5.97 Å². The Hall–Kier alpha value is -1.99. The van der Waals surface area contributed by atoms with Gasteiger partial charge in [0.2, 0.25) is 0 Å². The van der Waals surface area contributed by atoms with Crippen LogP contribution < -0.4 is 10.1 Å². The molecule has 0 bridgehead atoms. The second kappa shape index (κ2) is 6.81. The van der Waals surface area contributed by atoms with Crippen LogP contribution in [0.4, 0.5) is 0 Å². The molecule has 1 rings (SSSR count). The van der Waals surface area contributed by atoms with E-state index < -0.39 is 5.54 Å². The minimum atomic E-state index is -0.989. The van der Waals surface area contributed by atoms with Gasteiger partial charge in [-0.25, -0.2) is 4.79 Å². The van der Waals surface area contributed by atoms with Crippen molar-refractivity contribution in [3.05, 3.63) is 29.8 Å². The standard InChI is InChI=1S/C15H19NO3/c1-5-10-16-15(3,14(17)19-6-2)12-8-7-9-13(11-12)18-4/h1,7-9,11,16H,6,10H2,2-4H3. The largest absolute Gasteiger partial charge is 0.497 e. The van der Waals surface area contributed by atoms with Crippen LogP contribution in [0.25, 0.3) is 0 Å². The Morgan fingerprint density at radius 3 is 2.84 bits per heavy atom. The minimum absolute atomic E-state index is 0.270. The second-order valence-electron chi connectivity index (χ2n) is 4.14. The molecule has 1 N–H and O–H groups in total. The van der Waals surface area contributed by atoms with Crippen molar-refractivity contribution < 1.29 is 14.3 Å². The minimum Gasteiger partial charge on any atom is -0.497 e. The molecule has 0 aromatic heterocycles. The lowest BCUT2D eigenvalue weighted by Crippen LogP contribution is -2.47. The van der Waals surface area contributed by atoms with Crippen molar-refractivity contribution in [3.8, 4) is 18.1 Å². The summed E-state index contributed by atoms with van der Waals surface area (Å²) in [6.45, 7) is 4.10. The van der Waals surface area contributed by atoms with E-state index in [0.29, 0.717) is 12.4 Å². The summed E-state index contributed by atoms with van der Waals surface area (Å²) in [4.78, 5) is 12.2. The summed E-state index contributed by atoms with van der Waals surface area (Å²) in [6.07, 6.45) is 5.25. The van der Waals surface area contributed by atoms with Crippen molar-refractivity contribution in [1.29, 1.82) is 0 Å². The Morgan fingerprint density at radius 1 is 1.53 bits per heavy atom. The van der Waals surface area contributed by atoms with Gasteiger partial charge in [-0.15, -0.1) is 6.42 Å². The van der Waals surface area contributed by atoms with Crippen molar-refractivity contribution in [1.82, 2.24) is 5.32 Å². The van der Waals surface area contributed by atoms with Crippen LogP contribution in [0.15, 0.2) is 24.3 Å². The summed E-state index contributed by atoms with van der Waals surface area (Å²) >= 11 is 0. The van der Waals surface area contributed by atoms with E-state index in [4.69, 9.17) is 15.9 Å². The smallest absolute Gasteiger partial charge is 0.330 e. The number of hydrogen-bond acceptors (Lipinski definition) is 4. The number of carbonyl (C=O) groups excluding carboxylic acids is 1. The molecule has 1 aromatic carbocycles. The van der Waals surface area contributed by atoms with Gasteiger partial charge >= 0.3 is 5.97 Å². The maximum Gasteiger partial charge on any atom is 0.330 e. The summed E-state index contributed by atoms with van der Waals surface area (Å²) in [7, 11) is 1.58. The van der Waals surface area contributed by atoms with Crippen LogP contribution in [0.2, 0.25) is 0 Å². The first-order valence-corrected chi connectivity index (χ1v) is 6.08. The van der Waals surface area contributed by atoms with E-state index in [1.165, 1.54) is 0 Å². The third-order valence-electron chi connectivity index (χ3n) is 2.87. The van der Waals surface area contributed by atoms with Crippen molar-refractivity contribution in [2.24, 2.45) is 0 Å². The van der Waals surface area contributed by atoms with Gasteiger partial charge in [-0.2, -0.15) is 0 Å². The zero-order valence-electron chi connectivity index (χ0n) is 11.5. The molecule has 0 aliphatic rings. The molecular weight excluding hydrogens is 242 g/mol. The highest BCUT2D eigenvalue weighted by Gasteiger charge is 2.36. The topological polar surface area (TPSA) is 47.6 Å². The molecule has 4 heteroatoms. The first-order valence-electron chi connectivity index (χ1n) is 6.08. The number of rotatable bonds is 6. The number of nitrogens with one attached hydrogen (secondary N) is 1. The Balaban J connectivity index is 3.14. The normalized spacial score (nSPS) is 13.2. The van der Waals surface area contributed by atoms with Crippen LogP contribution in [-0.4, -0.2) is 26.2 Å². The van der Waals surface area contributed by atoms with E-state index in [0.717, 1.165) is 5.56 Å². The molecule has 102 valence electrons. The zero-order valence-corrected chi connectivity index (χ0v) is 11.5. The van der Waals surface area contributed by atoms with Gasteiger partial charge in [0.15, 0.2) is 0 Å². The van der Waals surface area contributed by atoms with Crippen LogP contribution in [0.3, 0.4) is 0 Å². The fourth-order valence-electron chi connectivity index (χ4n) is 1.73. The van der Waals surface area contributed by atoms with Crippen LogP contribution in [0.1, 0.15) is 19.4 Å². The van der Waals surface area contributed by atoms with Gasteiger partial charge in [0.05, 0.1) is 20.3 Å². The maximum atomic E-state index is 12.2. The lowest BCUT2D eigenvalue weighted by Gasteiger charge is -2.28. The van der Waals surface area contributed by atoms with Crippen LogP contribution >= 0.6 is 0 Å². The van der Waals surface area contributed by atoms with Crippen LogP contribution in [0.5, 0.6) is 5.75 Å². The predicted molar refractivity (Wildman–Crippen MR) is 73.8 cm³/mol. The Morgan fingerprint density at radius 2 is 2.26 bits per heavy atom. The molecule has 0 amide bonds. The SMILES string of the molecule is C#CCNC(C)(C(=O)OCC)c1cccc(OC)c1. The third kappa shape index (κ3) is 3.49. The molecule has 0 saturated heterocycles. The van der Waals surface area contributed by atoms with E-state index in [-0.39, 0.29) is 12.5 Å². The van der Waals surface area contributed by atoms with E-state index in [9.17, 15) is 4.79 Å². The molecule has 0 aliphatic carbocycles. The highest BCUT2D eigenvalue weighted by Crippen LogP contribution is 2.25. The summed E-state index contributed by atoms with van der Waals surface area (Å²) in [5, 5.41) is 3.03. The number of carbonyl (C=O) groups is 1. The fourth-order valence-corrected chi connectivity index (χ4v) is 1.73. The first kappa shape index (κ1) is 15.1. The molecule has 4 nitrogen and oxygen atoms in total. The Bertz CT molecular complexity index is 479. The average molecular weight is 261 g/mol. The Kier molecular flexibility index (Phi) is 5.40. The fraction of sp³-hybridized carbons (Fsp3) is 0.400. The van der Waals surface area contributed by atoms with Crippen molar-refractivity contribution in [2.45, 2.75) is 19.4 Å². The highest BCUT2D eigenvalue weighted by atomic mass is 16.5. The molecule has 0 spiro atoms. The van der Waals surface area contributed by atoms with Gasteiger partial charge in [-0.05, 0) is 31.5 Å². The van der Waals surface area contributed by atoms with Gasteiger partial charge < -0.3 is 9.47 Å². The van der Waals surface area contributed by atoms with Gasteiger partial charge in [-0.3, -0.25) is 5.32 Å². The Labute approximate surface area is 114 Å². The lowest BCUT2D eigenvalue weighted by atomic mass is 9.91. The van der Waals surface area contributed by atoms with Gasteiger partial charge in [0.25, 0.3) is 0 Å². The molecule has 0 aliphatic heterocycles. The average Bonchev–Trinajstić information content (AvgIpc) is 2.45. The van der Waals surface area contributed by atoms with Crippen LogP contribution in [0, 0.1) is 12.3 Å². The number of terminal acetylenes is 1. The molecule has 1 atom stereocenters. The quantitative estimate of drug-likeness (QED) is 0.625. The predicted octanol–water partition coefficient (Wildman–Crippen LogP) is 1.70. The number of benzene rings is 1. The summed E-state index contributed by atoms with van der Waals surface area (Å²) in [6, 6.07) is 7.27. The highest BCUT2D eigenvalue weighted by molar-refractivity contribution is 5.82. The number of hydrogen-bond donors (Lipinski definition) is 1. The van der Waals surface area contributed by atoms with Gasteiger partial charge in [-0.1, -0.05) is 18.1 Å². The summed E-state index contributed by atoms with van der Waals surface area (Å²) in [5.74, 6) is 2.78. The second-order valence-corrected chi connectivity index (χ2v) is 4.14. The van der Waals surface area contributed by atoms with Crippen molar-refractivity contribution in [2.75, 3.05) is 20.3 Å². The lowest BCUT2D eigenvalue weighted by molar-refractivity contribution is -0.150. The first-order chi connectivity index (χ1) is 9.08. The third-order valence-corrected chi connectivity index (χ3v) is 2.87. The van der Waals surface area contributed by atoms with E-state index >= 15 is 0 Å². The van der Waals surface area contributed by atoms with E-state index in [2.05, 4.69) is 11.2 Å². The summed E-state index contributed by atoms with van der Waals surface area (Å²) < 4.78 is 10.3. The van der Waals surface area contributed by atoms with Crippen molar-refractivity contribution in [3.63, 3.8) is 0 Å². The molecular formula is C15H19NO3. The summed E-state index contributed by atoms with van der Waals surface area (Å²) in [5.41, 5.74) is -0.239. The molecule has 0 saturated carbocycles. The van der Waals surface area contributed by atoms with Gasteiger partial charge in [0.1, 0.15) is 11.3 Å². The molecule has 1 unspecified atom stereocenters. The van der Waals surface area contributed by atoms with Gasteiger partial charge in [0, 0.05) is 0 Å². The number of methoxy groups -OCH3 is 1. The molecule has 0 fully saturated rings. The van der Waals surface area contributed by atoms with Crippen LogP contribution in [-0.2, 0) is 15.1 Å². The molecule has 19 heavy (non-hydrogen) atoms. The van der Waals surface area contributed by atoms with E-state index in [1.807, 2.05) is 18.2 Å². The zero-order chi connectivity index (χ0) is 14.3. The number of ether oxygens (including phenoxy) is 2. The monoisotopic (exact) mass is 261 g/mol. The van der Waals surface area contributed by atoms with E-state index in [1.54, 1.807) is 27.0 Å².